The van der Waals surface area contributed by atoms with Crippen LogP contribution >= 0.6 is 0 Å². The van der Waals surface area contributed by atoms with Crippen molar-refractivity contribution in [2.75, 3.05) is 0 Å². The van der Waals surface area contributed by atoms with Gasteiger partial charge in [-0.05, 0) is 23.6 Å². The number of phenols is 1. The summed E-state index contributed by atoms with van der Waals surface area (Å²) >= 11 is 0. The molecule has 0 aromatic heterocycles. The Morgan fingerprint density at radius 2 is 2.00 bits per heavy atom. The second-order valence-corrected chi connectivity index (χ2v) is 4.53. The molecule has 0 radical (unpaired) electrons. The number of halogens is 1. The highest BCUT2D eigenvalue weighted by molar-refractivity contribution is 5.43. The zero-order chi connectivity index (χ0) is 10.5. The quantitative estimate of drug-likeness (QED) is 0.719. The molecule has 1 aromatic carbocycles. The van der Waals surface area contributed by atoms with Crippen LogP contribution in [0.4, 0.5) is 4.39 Å². The van der Waals surface area contributed by atoms with E-state index in [-0.39, 0.29) is 28.9 Å². The van der Waals surface area contributed by atoms with Crippen molar-refractivity contribution in [2.24, 2.45) is 11.1 Å². The molecule has 0 bridgehead atoms. The molecule has 2 rings (SSSR count). The minimum Gasteiger partial charge on any atom is -0.508 e. The highest BCUT2D eigenvalue weighted by Gasteiger charge is 2.57. The third-order valence-corrected chi connectivity index (χ3v) is 3.24. The van der Waals surface area contributed by atoms with Crippen LogP contribution in [0.5, 0.6) is 5.75 Å². The molecule has 76 valence electrons. The molecule has 0 spiro atoms. The van der Waals surface area contributed by atoms with E-state index >= 15 is 0 Å². The lowest BCUT2D eigenvalue weighted by Crippen LogP contribution is -2.06. The largest absolute Gasteiger partial charge is 0.508 e. The van der Waals surface area contributed by atoms with Gasteiger partial charge in [0.05, 0.1) is 0 Å². The molecular formula is C11H14FNO. The van der Waals surface area contributed by atoms with Crippen molar-refractivity contribution in [3.8, 4) is 5.75 Å². The zero-order valence-electron chi connectivity index (χ0n) is 8.29. The van der Waals surface area contributed by atoms with E-state index in [1.807, 2.05) is 13.8 Å². The van der Waals surface area contributed by atoms with Gasteiger partial charge < -0.3 is 10.8 Å². The predicted octanol–water partition coefficient (Wildman–Crippen LogP) is 1.98. The van der Waals surface area contributed by atoms with Crippen molar-refractivity contribution >= 4 is 0 Å². The Labute approximate surface area is 82.5 Å². The molecule has 14 heavy (non-hydrogen) atoms. The molecule has 0 heterocycles. The Hall–Kier alpha value is -1.09. The van der Waals surface area contributed by atoms with Crippen LogP contribution in [0.2, 0.25) is 0 Å². The van der Waals surface area contributed by atoms with Crippen LogP contribution in [0, 0.1) is 11.2 Å². The molecule has 3 N–H and O–H groups in total. The van der Waals surface area contributed by atoms with Crippen LogP contribution in [0.25, 0.3) is 0 Å². The van der Waals surface area contributed by atoms with E-state index in [0.29, 0.717) is 5.56 Å². The fourth-order valence-electron chi connectivity index (χ4n) is 2.05. The smallest absolute Gasteiger partial charge is 0.123 e. The molecule has 1 aliphatic rings. The van der Waals surface area contributed by atoms with E-state index in [9.17, 15) is 9.50 Å². The number of aromatic hydroxyl groups is 1. The topological polar surface area (TPSA) is 46.2 Å². The highest BCUT2D eigenvalue weighted by Crippen LogP contribution is 2.58. The molecule has 3 heteroatoms. The average molecular weight is 195 g/mol. The first-order valence-electron chi connectivity index (χ1n) is 4.68. The van der Waals surface area contributed by atoms with Gasteiger partial charge in [-0.1, -0.05) is 13.8 Å². The van der Waals surface area contributed by atoms with E-state index in [4.69, 9.17) is 5.73 Å². The Balaban J connectivity index is 2.39. The van der Waals surface area contributed by atoms with Crippen molar-refractivity contribution in [1.29, 1.82) is 0 Å². The van der Waals surface area contributed by atoms with E-state index < -0.39 is 0 Å². The number of rotatable bonds is 1. The first-order chi connectivity index (χ1) is 6.44. The summed E-state index contributed by atoms with van der Waals surface area (Å²) in [5, 5.41) is 9.57. The second kappa shape index (κ2) is 2.70. The van der Waals surface area contributed by atoms with Gasteiger partial charge in [-0.2, -0.15) is 0 Å². The van der Waals surface area contributed by atoms with Crippen LogP contribution in [-0.4, -0.2) is 11.1 Å². The van der Waals surface area contributed by atoms with E-state index in [1.165, 1.54) is 18.2 Å². The molecule has 0 saturated heterocycles. The van der Waals surface area contributed by atoms with Gasteiger partial charge in [0, 0.05) is 17.5 Å². The third kappa shape index (κ3) is 1.20. The first kappa shape index (κ1) is 9.46. The lowest BCUT2D eigenvalue weighted by Gasteiger charge is -2.05. The average Bonchev–Trinajstić information content (AvgIpc) is 2.58. The summed E-state index contributed by atoms with van der Waals surface area (Å²) in [6.07, 6.45) is 0. The fourth-order valence-corrected chi connectivity index (χ4v) is 2.05. The predicted molar refractivity (Wildman–Crippen MR) is 52.6 cm³/mol. The van der Waals surface area contributed by atoms with E-state index in [2.05, 4.69) is 0 Å². The first-order valence-corrected chi connectivity index (χ1v) is 4.68. The monoisotopic (exact) mass is 195 g/mol. The minimum absolute atomic E-state index is 0.00944. The maximum absolute atomic E-state index is 13.0. The molecule has 1 aromatic rings. The van der Waals surface area contributed by atoms with Crippen LogP contribution < -0.4 is 5.73 Å². The molecule has 0 amide bonds. The summed E-state index contributed by atoms with van der Waals surface area (Å²) in [7, 11) is 0. The van der Waals surface area contributed by atoms with Gasteiger partial charge in [0.15, 0.2) is 0 Å². The van der Waals surface area contributed by atoms with Gasteiger partial charge in [0.25, 0.3) is 0 Å². The summed E-state index contributed by atoms with van der Waals surface area (Å²) in [5.41, 5.74) is 6.45. The second-order valence-electron chi connectivity index (χ2n) is 4.53. The van der Waals surface area contributed by atoms with Gasteiger partial charge in [-0.15, -0.1) is 0 Å². The summed E-state index contributed by atoms with van der Waals surface area (Å²) in [6, 6.07) is 4.01. The number of benzene rings is 1. The van der Waals surface area contributed by atoms with Gasteiger partial charge in [-0.25, -0.2) is 4.39 Å². The van der Waals surface area contributed by atoms with Crippen LogP contribution in [0.15, 0.2) is 18.2 Å². The summed E-state index contributed by atoms with van der Waals surface area (Å²) < 4.78 is 13.0. The summed E-state index contributed by atoms with van der Waals surface area (Å²) in [5.74, 6) is -0.122. The van der Waals surface area contributed by atoms with Gasteiger partial charge in [0.1, 0.15) is 11.6 Å². The Morgan fingerprint density at radius 1 is 1.43 bits per heavy atom. The number of phenolic OH excluding ortho intramolecular Hbond substituents is 1. The van der Waals surface area contributed by atoms with Crippen LogP contribution in [0.3, 0.4) is 0 Å². The Kier molecular flexibility index (Phi) is 1.83. The lowest BCUT2D eigenvalue weighted by atomic mass is 10.0. The molecule has 1 fully saturated rings. The molecule has 2 atom stereocenters. The van der Waals surface area contributed by atoms with E-state index in [0.717, 1.165) is 0 Å². The van der Waals surface area contributed by atoms with Crippen molar-refractivity contribution in [2.45, 2.75) is 25.8 Å². The highest BCUT2D eigenvalue weighted by atomic mass is 19.1. The van der Waals surface area contributed by atoms with E-state index in [1.54, 1.807) is 0 Å². The number of nitrogens with two attached hydrogens (primary N) is 1. The van der Waals surface area contributed by atoms with Crippen LogP contribution in [0.1, 0.15) is 25.3 Å². The standard InChI is InChI=1S/C11H14FNO/c1-11(2)9(10(11)13)7-5-6(12)3-4-8(7)14/h3-5,9-10,14H,13H2,1-2H3/t9-,10-/m1/s1. The molecule has 2 nitrogen and oxygen atoms in total. The zero-order valence-corrected chi connectivity index (χ0v) is 8.29. The number of hydrogen-bond donors (Lipinski definition) is 2. The molecule has 0 unspecified atom stereocenters. The Bertz CT molecular complexity index is 376. The lowest BCUT2D eigenvalue weighted by molar-refractivity contribution is 0.461. The summed E-state index contributed by atoms with van der Waals surface area (Å²) in [6.45, 7) is 4.04. The van der Waals surface area contributed by atoms with Crippen molar-refractivity contribution in [3.63, 3.8) is 0 Å². The molecular weight excluding hydrogens is 181 g/mol. The molecule has 1 saturated carbocycles. The molecule has 1 aliphatic carbocycles. The third-order valence-electron chi connectivity index (χ3n) is 3.24. The SMILES string of the molecule is CC1(C)[C@H](N)[C@H]1c1cc(F)ccc1O. The maximum atomic E-state index is 13.0. The van der Waals surface area contributed by atoms with Gasteiger partial charge in [-0.3, -0.25) is 0 Å². The minimum atomic E-state index is -0.326. The van der Waals surface area contributed by atoms with Crippen LogP contribution in [-0.2, 0) is 0 Å². The Morgan fingerprint density at radius 3 is 2.50 bits per heavy atom. The molecule has 0 aliphatic heterocycles. The number of hydrogen-bond acceptors (Lipinski definition) is 2. The van der Waals surface area contributed by atoms with Crippen molar-refractivity contribution in [3.05, 3.63) is 29.6 Å². The van der Waals surface area contributed by atoms with Gasteiger partial charge in [0.2, 0.25) is 0 Å². The van der Waals surface area contributed by atoms with Gasteiger partial charge >= 0.3 is 0 Å². The fraction of sp³-hybridized carbons (Fsp3) is 0.455. The van der Waals surface area contributed by atoms with Crippen molar-refractivity contribution < 1.29 is 9.50 Å². The maximum Gasteiger partial charge on any atom is 0.123 e. The summed E-state index contributed by atoms with van der Waals surface area (Å²) in [4.78, 5) is 0. The van der Waals surface area contributed by atoms with Crippen molar-refractivity contribution in [1.82, 2.24) is 0 Å². The normalized spacial score (nSPS) is 28.9.